The average Bonchev–Trinajstić information content (AvgIpc) is 3.53. The maximum atomic E-state index is 14.1. The molecule has 3 atom stereocenters. The van der Waals surface area contributed by atoms with Crippen LogP contribution in [0.3, 0.4) is 0 Å². The highest BCUT2D eigenvalue weighted by Crippen LogP contribution is 2.43. The number of nitrogens with zero attached hydrogens (tertiary/aromatic N) is 2. The summed E-state index contributed by atoms with van der Waals surface area (Å²) in [6.45, 7) is 3.43. The van der Waals surface area contributed by atoms with Crippen LogP contribution in [0.5, 0.6) is 0 Å². The normalized spacial score (nSPS) is 22.1. The fraction of sp³-hybridized carbons (Fsp3) is 0.435. The molecule has 0 bridgehead atoms. The van der Waals surface area contributed by atoms with Crippen LogP contribution in [-0.2, 0) is 4.74 Å². The summed E-state index contributed by atoms with van der Waals surface area (Å²) in [7, 11) is 1.66. The van der Waals surface area contributed by atoms with E-state index in [0.717, 1.165) is 18.7 Å². The third-order valence-corrected chi connectivity index (χ3v) is 5.91. The topological polar surface area (TPSA) is 48.9 Å². The number of hydrogen-bond donors (Lipinski definition) is 2. The summed E-state index contributed by atoms with van der Waals surface area (Å²) in [6, 6.07) is 10.4. The van der Waals surface area contributed by atoms with Crippen LogP contribution in [0.4, 0.5) is 13.2 Å². The van der Waals surface area contributed by atoms with Gasteiger partial charge in [0.1, 0.15) is 17.5 Å². The first-order chi connectivity index (χ1) is 15.1. The van der Waals surface area contributed by atoms with Crippen molar-refractivity contribution in [3.05, 3.63) is 71.0 Å². The Morgan fingerprint density at radius 3 is 2.38 bits per heavy atom. The fourth-order valence-electron chi connectivity index (χ4n) is 4.13. The van der Waals surface area contributed by atoms with E-state index in [0.29, 0.717) is 32.1 Å². The van der Waals surface area contributed by atoms with Crippen LogP contribution >= 0.6 is 24.0 Å². The van der Waals surface area contributed by atoms with E-state index in [1.165, 1.54) is 30.3 Å². The molecule has 4 rings (SSSR count). The van der Waals surface area contributed by atoms with Crippen LogP contribution < -0.4 is 10.6 Å². The molecule has 1 aliphatic carbocycles. The largest absolute Gasteiger partial charge is 0.379 e. The lowest BCUT2D eigenvalue weighted by molar-refractivity contribution is 0.0170. The van der Waals surface area contributed by atoms with Gasteiger partial charge in [-0.3, -0.25) is 9.89 Å². The molecule has 1 aliphatic heterocycles. The van der Waals surface area contributed by atoms with Crippen LogP contribution in [0.1, 0.15) is 29.5 Å². The van der Waals surface area contributed by atoms with E-state index in [4.69, 9.17) is 4.74 Å². The minimum atomic E-state index is -0.513. The third-order valence-electron chi connectivity index (χ3n) is 5.91. The number of nitrogens with one attached hydrogen (secondary N) is 2. The molecular formula is C23H28F3IN4O. The Hall–Kier alpha value is -1.85. The predicted molar refractivity (Wildman–Crippen MR) is 129 cm³/mol. The Bertz CT molecular complexity index is 902. The van der Waals surface area contributed by atoms with Gasteiger partial charge in [0.15, 0.2) is 5.96 Å². The average molecular weight is 560 g/mol. The predicted octanol–water partition coefficient (Wildman–Crippen LogP) is 3.82. The number of ether oxygens (including phenoxy) is 1. The number of rotatable bonds is 6. The molecule has 1 saturated carbocycles. The highest BCUT2D eigenvalue weighted by Gasteiger charge is 2.42. The Morgan fingerprint density at radius 2 is 1.75 bits per heavy atom. The molecule has 3 unspecified atom stereocenters. The van der Waals surface area contributed by atoms with Crippen molar-refractivity contribution in [3.63, 3.8) is 0 Å². The zero-order valence-electron chi connectivity index (χ0n) is 17.9. The van der Waals surface area contributed by atoms with Crippen LogP contribution in [-0.4, -0.2) is 56.8 Å². The van der Waals surface area contributed by atoms with E-state index in [-0.39, 0.29) is 53.4 Å². The second-order valence-electron chi connectivity index (χ2n) is 7.90. The maximum absolute atomic E-state index is 14.1. The van der Waals surface area contributed by atoms with Gasteiger partial charge >= 0.3 is 0 Å². The van der Waals surface area contributed by atoms with E-state index >= 15 is 0 Å². The number of aliphatic imine (C=N–C) groups is 1. The smallest absolute Gasteiger partial charge is 0.191 e. The number of hydrogen-bond acceptors (Lipinski definition) is 3. The summed E-state index contributed by atoms with van der Waals surface area (Å²) >= 11 is 0. The van der Waals surface area contributed by atoms with E-state index in [1.54, 1.807) is 19.2 Å². The van der Waals surface area contributed by atoms with Gasteiger partial charge in [0.2, 0.25) is 0 Å². The summed E-state index contributed by atoms with van der Waals surface area (Å²) in [5.41, 5.74) is 1.14. The van der Waals surface area contributed by atoms with E-state index in [1.807, 2.05) is 0 Å². The molecule has 0 amide bonds. The zero-order chi connectivity index (χ0) is 21.8. The quantitative estimate of drug-likeness (QED) is 0.321. The molecule has 1 saturated heterocycles. The first kappa shape index (κ1) is 24.8. The number of morpholine rings is 1. The van der Waals surface area contributed by atoms with Crippen molar-refractivity contribution in [3.8, 4) is 0 Å². The monoisotopic (exact) mass is 560 g/mol. The summed E-state index contributed by atoms with van der Waals surface area (Å²) in [5, 5.41) is 6.59. The van der Waals surface area contributed by atoms with Gasteiger partial charge in [-0.1, -0.05) is 18.2 Å². The van der Waals surface area contributed by atoms with Crippen molar-refractivity contribution in [1.82, 2.24) is 15.5 Å². The van der Waals surface area contributed by atoms with Crippen molar-refractivity contribution in [2.45, 2.75) is 24.4 Å². The van der Waals surface area contributed by atoms with E-state index < -0.39 is 11.6 Å². The minimum absolute atomic E-state index is 0. The van der Waals surface area contributed by atoms with Crippen molar-refractivity contribution in [1.29, 1.82) is 0 Å². The van der Waals surface area contributed by atoms with E-state index in [2.05, 4.69) is 20.5 Å². The summed E-state index contributed by atoms with van der Waals surface area (Å²) < 4.78 is 47.0. The van der Waals surface area contributed by atoms with Gasteiger partial charge in [-0.05, 0) is 36.2 Å². The van der Waals surface area contributed by atoms with Gasteiger partial charge in [0, 0.05) is 44.2 Å². The van der Waals surface area contributed by atoms with Crippen molar-refractivity contribution >= 4 is 29.9 Å². The van der Waals surface area contributed by atoms with Gasteiger partial charge in [-0.15, -0.1) is 24.0 Å². The number of benzene rings is 2. The second-order valence-corrected chi connectivity index (χ2v) is 7.90. The Labute approximate surface area is 203 Å². The van der Waals surface area contributed by atoms with Gasteiger partial charge < -0.3 is 15.4 Å². The van der Waals surface area contributed by atoms with Crippen molar-refractivity contribution in [2.75, 3.05) is 39.9 Å². The molecule has 2 N–H and O–H groups in total. The molecule has 0 aromatic heterocycles. The van der Waals surface area contributed by atoms with Crippen LogP contribution in [0.15, 0.2) is 47.5 Å². The van der Waals surface area contributed by atoms with Crippen LogP contribution in [0.2, 0.25) is 0 Å². The Balaban J connectivity index is 0.00000289. The molecule has 1 heterocycles. The zero-order valence-corrected chi connectivity index (χ0v) is 20.2. The van der Waals surface area contributed by atoms with Gasteiger partial charge in [0.25, 0.3) is 0 Å². The fourth-order valence-corrected chi connectivity index (χ4v) is 4.13. The van der Waals surface area contributed by atoms with Gasteiger partial charge in [-0.25, -0.2) is 13.2 Å². The molecule has 174 valence electrons. The second kappa shape index (κ2) is 11.3. The lowest BCUT2D eigenvalue weighted by Crippen LogP contribution is -2.46. The molecule has 2 aliphatic rings. The standard InChI is InChI=1S/C23H27F3N4O.HI/c1-27-23(29-20-13-17(20)22-18(25)3-2-4-19(22)26)28-14-21(30-9-11-31-12-10-30)15-5-7-16(24)8-6-15;/h2-8,17,20-21H,9-14H2,1H3,(H2,27,28,29);1H. The lowest BCUT2D eigenvalue weighted by atomic mass is 10.0. The molecule has 0 spiro atoms. The van der Waals surface area contributed by atoms with Crippen molar-refractivity contribution in [2.24, 2.45) is 4.99 Å². The molecule has 9 heteroatoms. The lowest BCUT2D eigenvalue weighted by Gasteiger charge is -2.35. The maximum Gasteiger partial charge on any atom is 0.191 e. The summed E-state index contributed by atoms with van der Waals surface area (Å²) in [4.78, 5) is 6.57. The minimum Gasteiger partial charge on any atom is -0.379 e. The van der Waals surface area contributed by atoms with Crippen LogP contribution in [0.25, 0.3) is 0 Å². The molecule has 5 nitrogen and oxygen atoms in total. The Morgan fingerprint density at radius 1 is 1.09 bits per heavy atom. The molecule has 2 fully saturated rings. The Kier molecular flexibility index (Phi) is 8.78. The SMILES string of the molecule is CN=C(NCC(c1ccc(F)cc1)N1CCOCC1)NC1CC1c1c(F)cccc1F.I. The number of guanidine groups is 1. The molecular weight excluding hydrogens is 532 g/mol. The molecule has 2 aromatic carbocycles. The number of halogens is 4. The molecule has 0 radical (unpaired) electrons. The highest BCUT2D eigenvalue weighted by molar-refractivity contribution is 14.0. The first-order valence-electron chi connectivity index (χ1n) is 10.5. The van der Waals surface area contributed by atoms with Gasteiger partial charge in [-0.2, -0.15) is 0 Å². The third kappa shape index (κ3) is 5.93. The van der Waals surface area contributed by atoms with Crippen LogP contribution in [0, 0.1) is 17.5 Å². The highest BCUT2D eigenvalue weighted by atomic mass is 127. The summed E-state index contributed by atoms with van der Waals surface area (Å²) in [6.07, 6.45) is 0.642. The molecule has 32 heavy (non-hydrogen) atoms. The summed E-state index contributed by atoms with van der Waals surface area (Å²) in [5.74, 6) is -0.937. The van der Waals surface area contributed by atoms with Crippen molar-refractivity contribution < 1.29 is 17.9 Å². The molecule has 2 aromatic rings. The van der Waals surface area contributed by atoms with Gasteiger partial charge in [0.05, 0.1) is 19.3 Å². The first-order valence-corrected chi connectivity index (χ1v) is 10.5. The van der Waals surface area contributed by atoms with E-state index in [9.17, 15) is 13.2 Å².